The molecule has 1 heterocycles. The molecule has 1 fully saturated rings. The second kappa shape index (κ2) is 9.43. The lowest BCUT2D eigenvalue weighted by atomic mass is 9.96. The van der Waals surface area contributed by atoms with Crippen molar-refractivity contribution in [2.75, 3.05) is 11.1 Å². The van der Waals surface area contributed by atoms with E-state index in [4.69, 9.17) is 0 Å². The first kappa shape index (κ1) is 22.0. The number of sulfone groups is 1. The van der Waals surface area contributed by atoms with Gasteiger partial charge in [-0.3, -0.25) is 9.59 Å². The van der Waals surface area contributed by atoms with E-state index in [0.717, 1.165) is 19.3 Å². The molecule has 1 N–H and O–H groups in total. The van der Waals surface area contributed by atoms with Gasteiger partial charge in [0.2, 0.25) is 5.91 Å². The monoisotopic (exact) mass is 428 g/mol. The Kier molecular flexibility index (Phi) is 6.92. The third kappa shape index (κ3) is 5.69. The highest BCUT2D eigenvalue weighted by atomic mass is 32.2. The van der Waals surface area contributed by atoms with Gasteiger partial charge in [0.1, 0.15) is 5.75 Å². The number of carbonyl (C=O) groups is 2. The number of piperidine rings is 1. The Hall–Kier alpha value is -2.67. The highest BCUT2D eigenvalue weighted by Gasteiger charge is 2.29. The fourth-order valence-corrected chi connectivity index (χ4v) is 5.21. The summed E-state index contributed by atoms with van der Waals surface area (Å²) >= 11 is 0. The van der Waals surface area contributed by atoms with Crippen molar-refractivity contribution in [2.24, 2.45) is 0 Å². The number of para-hydroxylation sites is 1. The van der Waals surface area contributed by atoms with Crippen LogP contribution in [0.2, 0.25) is 0 Å². The first-order valence-corrected chi connectivity index (χ1v) is 12.0. The molecule has 0 aromatic heterocycles. The normalized spacial score (nSPS) is 19.3. The summed E-state index contributed by atoms with van der Waals surface area (Å²) in [4.78, 5) is 26.9. The van der Waals surface area contributed by atoms with Crippen LogP contribution in [-0.2, 0) is 20.4 Å². The molecule has 6 nitrogen and oxygen atoms in total. The molecule has 7 heteroatoms. The van der Waals surface area contributed by atoms with Crippen molar-refractivity contribution in [2.45, 2.75) is 50.9 Å². The molecular formula is C23H28N2O4S. The smallest absolute Gasteiger partial charge is 0.254 e. The molecule has 0 aliphatic carbocycles. The number of nitrogens with one attached hydrogen (secondary N) is 1. The highest BCUT2D eigenvalue weighted by molar-refractivity contribution is 7.91. The summed E-state index contributed by atoms with van der Waals surface area (Å²) in [7, 11) is -3.63. The molecule has 0 bridgehead atoms. The summed E-state index contributed by atoms with van der Waals surface area (Å²) in [6.07, 6.45) is 3.12. The summed E-state index contributed by atoms with van der Waals surface area (Å²) in [5.74, 6) is -1.43. The number of hydrogen-bond donors (Lipinski definition) is 1. The fourth-order valence-electron chi connectivity index (χ4n) is 3.94. The Balaban J connectivity index is 1.61. The van der Waals surface area contributed by atoms with Crippen molar-refractivity contribution in [3.05, 3.63) is 65.7 Å². The van der Waals surface area contributed by atoms with Gasteiger partial charge in [0.15, 0.2) is 9.84 Å². The molecule has 3 rings (SSSR count). The van der Waals surface area contributed by atoms with Crippen LogP contribution >= 0.6 is 0 Å². The van der Waals surface area contributed by atoms with Crippen LogP contribution in [0.3, 0.4) is 0 Å². The zero-order valence-electron chi connectivity index (χ0n) is 17.4. The van der Waals surface area contributed by atoms with Gasteiger partial charge in [-0.05, 0) is 62.9 Å². The van der Waals surface area contributed by atoms with Crippen molar-refractivity contribution >= 4 is 27.3 Å². The summed E-state index contributed by atoms with van der Waals surface area (Å²) in [5.41, 5.74) is 1.67. The minimum absolute atomic E-state index is 0.0219. The number of hydrogen-bond acceptors (Lipinski definition) is 4. The Morgan fingerprint density at radius 1 is 0.967 bits per heavy atom. The largest absolute Gasteiger partial charge is 0.333 e. The number of benzene rings is 2. The second-order valence-corrected chi connectivity index (χ2v) is 10.0. The summed E-state index contributed by atoms with van der Waals surface area (Å²) in [6.45, 7) is 4.13. The van der Waals surface area contributed by atoms with Gasteiger partial charge in [0.25, 0.3) is 5.91 Å². The molecule has 1 aliphatic heterocycles. The molecule has 2 amide bonds. The van der Waals surface area contributed by atoms with Crippen LogP contribution in [0.15, 0.2) is 54.6 Å². The van der Waals surface area contributed by atoms with Crippen LogP contribution in [0.1, 0.15) is 49.0 Å². The maximum absolute atomic E-state index is 12.9. The van der Waals surface area contributed by atoms with Crippen molar-refractivity contribution in [1.29, 1.82) is 0 Å². The van der Waals surface area contributed by atoms with E-state index >= 15 is 0 Å². The van der Waals surface area contributed by atoms with Gasteiger partial charge < -0.3 is 10.2 Å². The van der Waals surface area contributed by atoms with Gasteiger partial charge in [-0.1, -0.05) is 30.3 Å². The summed E-state index contributed by atoms with van der Waals surface area (Å²) in [6, 6.07) is 15.8. The number of amides is 2. The Morgan fingerprint density at radius 3 is 2.17 bits per heavy atom. The van der Waals surface area contributed by atoms with Gasteiger partial charge in [0, 0.05) is 23.3 Å². The number of anilines is 1. The van der Waals surface area contributed by atoms with Crippen LogP contribution in [-0.4, -0.2) is 43.0 Å². The van der Waals surface area contributed by atoms with Crippen molar-refractivity contribution in [3.63, 3.8) is 0 Å². The molecule has 2 atom stereocenters. The van der Waals surface area contributed by atoms with Gasteiger partial charge >= 0.3 is 0 Å². The Bertz CT molecular complexity index is 978. The van der Waals surface area contributed by atoms with Gasteiger partial charge in [0.05, 0.1) is 5.75 Å². The van der Waals surface area contributed by atoms with Crippen LogP contribution in [0.4, 0.5) is 5.69 Å². The van der Waals surface area contributed by atoms with Gasteiger partial charge in [-0.25, -0.2) is 8.42 Å². The summed E-state index contributed by atoms with van der Waals surface area (Å²) in [5, 5.41) is 2.58. The highest BCUT2D eigenvalue weighted by Crippen LogP contribution is 2.25. The second-order valence-electron chi connectivity index (χ2n) is 7.98. The lowest BCUT2D eigenvalue weighted by Gasteiger charge is -2.39. The van der Waals surface area contributed by atoms with Crippen LogP contribution in [0.25, 0.3) is 0 Å². The third-order valence-electron chi connectivity index (χ3n) is 5.42. The Morgan fingerprint density at radius 2 is 1.57 bits per heavy atom. The third-order valence-corrected chi connectivity index (χ3v) is 6.90. The molecular weight excluding hydrogens is 400 g/mol. The van der Waals surface area contributed by atoms with Crippen molar-refractivity contribution < 1.29 is 18.0 Å². The SMILES string of the molecule is CC1CCCC(C)N1C(=O)c1ccc(CS(=O)(=O)CC(=O)Nc2ccccc2)cc1. The van der Waals surface area contributed by atoms with E-state index in [1.807, 2.05) is 11.0 Å². The number of likely N-dealkylation sites (tertiary alicyclic amines) is 1. The van der Waals surface area contributed by atoms with E-state index in [1.165, 1.54) is 0 Å². The molecule has 2 aromatic carbocycles. The average Bonchev–Trinajstić information content (AvgIpc) is 2.68. The lowest BCUT2D eigenvalue weighted by molar-refractivity contribution is -0.113. The first-order valence-electron chi connectivity index (χ1n) is 10.2. The molecule has 2 aromatic rings. The van der Waals surface area contributed by atoms with Crippen LogP contribution in [0, 0.1) is 0 Å². The maximum atomic E-state index is 12.9. The Labute approximate surface area is 178 Å². The molecule has 0 saturated carbocycles. The first-order chi connectivity index (χ1) is 14.2. The molecule has 1 aliphatic rings. The van der Waals surface area contributed by atoms with E-state index in [1.54, 1.807) is 48.5 Å². The quantitative estimate of drug-likeness (QED) is 0.761. The fraction of sp³-hybridized carbons (Fsp3) is 0.391. The molecule has 2 unspecified atom stereocenters. The molecule has 160 valence electrons. The molecule has 0 spiro atoms. The van der Waals surface area contributed by atoms with Crippen LogP contribution < -0.4 is 5.32 Å². The zero-order chi connectivity index (χ0) is 21.7. The van der Waals surface area contributed by atoms with E-state index < -0.39 is 21.5 Å². The van der Waals surface area contributed by atoms with Gasteiger partial charge in [-0.2, -0.15) is 0 Å². The number of rotatable bonds is 6. The van der Waals surface area contributed by atoms with Crippen molar-refractivity contribution in [3.8, 4) is 0 Å². The van der Waals surface area contributed by atoms with E-state index in [2.05, 4.69) is 19.2 Å². The van der Waals surface area contributed by atoms with E-state index in [9.17, 15) is 18.0 Å². The minimum atomic E-state index is -3.63. The van der Waals surface area contributed by atoms with Gasteiger partial charge in [-0.15, -0.1) is 0 Å². The van der Waals surface area contributed by atoms with Crippen molar-refractivity contribution in [1.82, 2.24) is 4.90 Å². The summed E-state index contributed by atoms with van der Waals surface area (Å²) < 4.78 is 24.8. The minimum Gasteiger partial charge on any atom is -0.333 e. The topological polar surface area (TPSA) is 83.6 Å². The standard InChI is InChI=1S/C23H28N2O4S/c1-17-7-6-8-18(2)25(17)23(27)20-13-11-19(12-14-20)15-30(28,29)16-22(26)24-21-9-4-3-5-10-21/h3-5,9-14,17-18H,6-8,15-16H2,1-2H3,(H,24,26). The molecule has 30 heavy (non-hydrogen) atoms. The number of carbonyl (C=O) groups excluding carboxylic acids is 2. The maximum Gasteiger partial charge on any atom is 0.254 e. The van der Waals surface area contributed by atoms with E-state index in [0.29, 0.717) is 16.8 Å². The zero-order valence-corrected chi connectivity index (χ0v) is 18.2. The average molecular weight is 429 g/mol. The van der Waals surface area contributed by atoms with Crippen LogP contribution in [0.5, 0.6) is 0 Å². The molecule has 1 saturated heterocycles. The number of nitrogens with zero attached hydrogens (tertiary/aromatic N) is 1. The lowest BCUT2D eigenvalue weighted by Crippen LogP contribution is -2.47. The predicted octanol–water partition coefficient (Wildman–Crippen LogP) is 3.64. The predicted molar refractivity (Wildman–Crippen MR) is 118 cm³/mol. The molecule has 0 radical (unpaired) electrons. The van der Waals surface area contributed by atoms with E-state index in [-0.39, 0.29) is 23.7 Å².